The van der Waals surface area contributed by atoms with E-state index in [1.165, 1.54) is 0 Å². The molecule has 0 saturated carbocycles. The molecule has 2 heterocycles. The third-order valence-electron chi connectivity index (χ3n) is 2.83. The summed E-state index contributed by atoms with van der Waals surface area (Å²) in [5, 5.41) is 0. The molecule has 2 unspecified atom stereocenters. The number of halogens is 2. The second-order valence-electron chi connectivity index (χ2n) is 3.85. The van der Waals surface area contributed by atoms with Gasteiger partial charge >= 0.3 is 11.9 Å². The van der Waals surface area contributed by atoms with Crippen LogP contribution >= 0.6 is 45.2 Å². The minimum absolute atomic E-state index is 0.126. The molecule has 0 aliphatic carbocycles. The average molecular weight is 436 g/mol. The maximum Gasteiger partial charge on any atom is 0.324 e. The minimum Gasteiger partial charge on any atom is -0.461 e. The molecule has 84 valence electrons. The van der Waals surface area contributed by atoms with Crippen molar-refractivity contribution in [2.45, 2.75) is 25.0 Å². The van der Waals surface area contributed by atoms with Crippen LogP contribution in [0.3, 0.4) is 0 Å². The molecule has 0 N–H and O–H groups in total. The Kier molecular flexibility index (Phi) is 3.44. The monoisotopic (exact) mass is 436 g/mol. The molecule has 0 aromatic carbocycles. The van der Waals surface area contributed by atoms with Gasteiger partial charge in [0.2, 0.25) is 0 Å². The Labute approximate surface area is 115 Å². The van der Waals surface area contributed by atoms with E-state index >= 15 is 0 Å². The maximum atomic E-state index is 11.7. The Morgan fingerprint density at radius 1 is 1.07 bits per heavy atom. The lowest BCUT2D eigenvalue weighted by Crippen LogP contribution is -2.31. The lowest BCUT2D eigenvalue weighted by molar-refractivity contribution is -0.158. The molecule has 0 bridgehead atoms. The molecule has 2 saturated heterocycles. The van der Waals surface area contributed by atoms with E-state index in [-0.39, 0.29) is 24.1 Å². The van der Waals surface area contributed by atoms with Crippen LogP contribution in [0.25, 0.3) is 0 Å². The minimum atomic E-state index is -0.980. The fraction of sp³-hybridized carbons (Fsp3) is 0.778. The van der Waals surface area contributed by atoms with Crippen molar-refractivity contribution in [1.82, 2.24) is 0 Å². The van der Waals surface area contributed by atoms with Crippen LogP contribution in [0.15, 0.2) is 0 Å². The molecule has 0 radical (unpaired) electrons. The van der Waals surface area contributed by atoms with E-state index < -0.39 is 5.41 Å². The van der Waals surface area contributed by atoms with Crippen molar-refractivity contribution in [3.05, 3.63) is 0 Å². The van der Waals surface area contributed by atoms with Crippen molar-refractivity contribution >= 4 is 57.1 Å². The normalized spacial score (nSPS) is 39.6. The molecule has 0 aromatic rings. The van der Waals surface area contributed by atoms with Crippen LogP contribution in [0.5, 0.6) is 0 Å². The summed E-state index contributed by atoms with van der Waals surface area (Å²) in [6.07, 6.45) is 0.721. The van der Waals surface area contributed by atoms with E-state index in [0.29, 0.717) is 12.8 Å². The highest BCUT2D eigenvalue weighted by Gasteiger charge is 2.60. The first-order valence-corrected chi connectivity index (χ1v) is 7.71. The van der Waals surface area contributed by atoms with E-state index in [4.69, 9.17) is 9.47 Å². The second kappa shape index (κ2) is 4.34. The van der Waals surface area contributed by atoms with Crippen LogP contribution in [0.1, 0.15) is 12.8 Å². The number of hydrogen-bond donors (Lipinski definition) is 0. The van der Waals surface area contributed by atoms with Crippen molar-refractivity contribution in [2.75, 3.05) is 8.86 Å². The first-order chi connectivity index (χ1) is 7.12. The quantitative estimate of drug-likeness (QED) is 0.285. The van der Waals surface area contributed by atoms with Gasteiger partial charge in [0.25, 0.3) is 0 Å². The van der Waals surface area contributed by atoms with Gasteiger partial charge in [0.1, 0.15) is 12.2 Å². The highest BCUT2D eigenvalue weighted by molar-refractivity contribution is 14.1. The van der Waals surface area contributed by atoms with Crippen LogP contribution in [0, 0.1) is 5.41 Å². The van der Waals surface area contributed by atoms with Crippen LogP contribution in [-0.4, -0.2) is 33.0 Å². The van der Waals surface area contributed by atoms with Gasteiger partial charge in [-0.2, -0.15) is 0 Å². The molecular formula is C9H10I2O4. The van der Waals surface area contributed by atoms with Crippen LogP contribution < -0.4 is 0 Å². The smallest absolute Gasteiger partial charge is 0.324 e. The lowest BCUT2D eigenvalue weighted by Gasteiger charge is -2.10. The Morgan fingerprint density at radius 2 is 1.47 bits per heavy atom. The van der Waals surface area contributed by atoms with Crippen LogP contribution in [-0.2, 0) is 19.1 Å². The third kappa shape index (κ3) is 1.87. The van der Waals surface area contributed by atoms with Gasteiger partial charge in [-0.3, -0.25) is 9.59 Å². The van der Waals surface area contributed by atoms with Gasteiger partial charge in [0.05, 0.1) is 0 Å². The molecule has 2 aliphatic heterocycles. The van der Waals surface area contributed by atoms with Gasteiger partial charge in [0.15, 0.2) is 5.41 Å². The van der Waals surface area contributed by atoms with E-state index in [2.05, 4.69) is 45.2 Å². The molecular weight excluding hydrogens is 426 g/mol. The summed E-state index contributed by atoms with van der Waals surface area (Å²) in [5.41, 5.74) is -0.980. The molecule has 2 fully saturated rings. The second-order valence-corrected chi connectivity index (χ2v) is 5.62. The third-order valence-corrected chi connectivity index (χ3v) is 4.79. The van der Waals surface area contributed by atoms with Gasteiger partial charge in [-0.25, -0.2) is 0 Å². The molecule has 6 heteroatoms. The van der Waals surface area contributed by atoms with Gasteiger partial charge < -0.3 is 9.47 Å². The van der Waals surface area contributed by atoms with Crippen molar-refractivity contribution in [3.8, 4) is 0 Å². The number of cyclic esters (lactones) is 2. The molecule has 0 amide bonds. The first kappa shape index (κ1) is 11.9. The summed E-state index contributed by atoms with van der Waals surface area (Å²) in [7, 11) is 0. The highest BCUT2D eigenvalue weighted by atomic mass is 127. The largest absolute Gasteiger partial charge is 0.461 e. The van der Waals surface area contributed by atoms with Crippen molar-refractivity contribution in [1.29, 1.82) is 0 Å². The average Bonchev–Trinajstić information content (AvgIpc) is 2.71. The summed E-state index contributed by atoms with van der Waals surface area (Å²) in [4.78, 5) is 23.4. The zero-order valence-electron chi connectivity index (χ0n) is 7.87. The zero-order chi connectivity index (χ0) is 11.1. The van der Waals surface area contributed by atoms with Gasteiger partial charge in [0, 0.05) is 21.7 Å². The molecule has 0 aromatic heterocycles. The highest BCUT2D eigenvalue weighted by Crippen LogP contribution is 2.45. The Hall–Kier alpha value is 0.400. The molecule has 2 atom stereocenters. The topological polar surface area (TPSA) is 52.6 Å². The number of carbonyl (C=O) groups excluding carboxylic acids is 2. The molecule has 2 rings (SSSR count). The van der Waals surface area contributed by atoms with Gasteiger partial charge in [-0.05, 0) is 0 Å². The summed E-state index contributed by atoms with van der Waals surface area (Å²) >= 11 is 4.32. The molecule has 1 spiro atoms. The number of alkyl halides is 2. The van der Waals surface area contributed by atoms with Gasteiger partial charge in [-0.15, -0.1) is 0 Å². The van der Waals surface area contributed by atoms with Crippen molar-refractivity contribution in [3.63, 3.8) is 0 Å². The maximum absolute atomic E-state index is 11.7. The Balaban J connectivity index is 2.20. The fourth-order valence-corrected chi connectivity index (χ4v) is 3.04. The predicted molar refractivity (Wildman–Crippen MR) is 69.2 cm³/mol. The predicted octanol–water partition coefficient (Wildman–Crippen LogP) is 1.47. The summed E-state index contributed by atoms with van der Waals surface area (Å²) in [6, 6.07) is 0. The summed E-state index contributed by atoms with van der Waals surface area (Å²) < 4.78 is 11.8. The zero-order valence-corrected chi connectivity index (χ0v) is 12.2. The summed E-state index contributed by atoms with van der Waals surface area (Å²) in [5.74, 6) is -0.775. The van der Waals surface area contributed by atoms with E-state index in [1.54, 1.807) is 0 Å². The van der Waals surface area contributed by atoms with E-state index in [1.807, 2.05) is 0 Å². The van der Waals surface area contributed by atoms with Crippen molar-refractivity contribution in [2.24, 2.45) is 5.41 Å². The Bertz CT molecular complexity index is 274. The molecule has 15 heavy (non-hydrogen) atoms. The molecule has 2 aliphatic rings. The standard InChI is InChI=1S/C9H10I2O4/c10-3-5-1-9(7(12)14-5)2-6(4-11)15-8(9)13/h5-6H,1-4H2. The fourth-order valence-electron chi connectivity index (χ4n) is 2.06. The van der Waals surface area contributed by atoms with Crippen LogP contribution in [0.2, 0.25) is 0 Å². The lowest BCUT2D eigenvalue weighted by atomic mass is 9.82. The van der Waals surface area contributed by atoms with Crippen LogP contribution in [0.4, 0.5) is 0 Å². The molecule has 4 nitrogen and oxygen atoms in total. The number of carbonyl (C=O) groups is 2. The first-order valence-electron chi connectivity index (χ1n) is 4.66. The van der Waals surface area contributed by atoms with Crippen molar-refractivity contribution < 1.29 is 19.1 Å². The summed E-state index contributed by atoms with van der Waals surface area (Å²) in [6.45, 7) is 0. The number of ether oxygens (including phenoxy) is 2. The SMILES string of the molecule is O=C1OC(CI)CC12CC(CI)OC2=O. The number of rotatable bonds is 2. The number of esters is 2. The van der Waals surface area contributed by atoms with Gasteiger partial charge in [-0.1, -0.05) is 45.2 Å². The van der Waals surface area contributed by atoms with E-state index in [0.717, 1.165) is 8.86 Å². The van der Waals surface area contributed by atoms with E-state index in [9.17, 15) is 9.59 Å². The Morgan fingerprint density at radius 3 is 1.73 bits per heavy atom. The number of hydrogen-bond acceptors (Lipinski definition) is 4.